The second kappa shape index (κ2) is 5.74. The van der Waals surface area contributed by atoms with E-state index in [1.165, 1.54) is 27.8 Å². The quantitative estimate of drug-likeness (QED) is 0.369. The summed E-state index contributed by atoms with van der Waals surface area (Å²) in [5.41, 5.74) is 7.60. The Hall–Kier alpha value is -3.52. The normalized spacial score (nSPS) is 14.6. The molecule has 0 atom stereocenters. The molecule has 0 N–H and O–H groups in total. The van der Waals surface area contributed by atoms with E-state index in [1.807, 2.05) is 60.7 Å². The Balaban J connectivity index is 1.47. The van der Waals surface area contributed by atoms with Gasteiger partial charge in [0.15, 0.2) is 0 Å². The highest BCUT2D eigenvalue weighted by Gasteiger charge is 2.59. The van der Waals surface area contributed by atoms with Crippen molar-refractivity contribution in [3.05, 3.63) is 119 Å². The van der Waals surface area contributed by atoms with Gasteiger partial charge in [0.1, 0.15) is 11.5 Å². The third-order valence-electron chi connectivity index (χ3n) is 5.62. The van der Waals surface area contributed by atoms with E-state index in [4.69, 9.17) is 9.47 Å². The van der Waals surface area contributed by atoms with E-state index in [1.54, 1.807) is 0 Å². The van der Waals surface area contributed by atoms with Gasteiger partial charge in [0, 0.05) is 0 Å². The van der Waals surface area contributed by atoms with Gasteiger partial charge in [0.2, 0.25) is 0 Å². The van der Waals surface area contributed by atoms with Crippen LogP contribution in [0.5, 0.6) is 11.5 Å². The summed E-state index contributed by atoms with van der Waals surface area (Å²) in [7, 11) is 0. The fraction of sp³-hybridized carbons (Fsp3) is 0.0769. The largest absolute Gasteiger partial charge is 0.444 e. The van der Waals surface area contributed by atoms with Gasteiger partial charge in [-0.15, -0.1) is 0 Å². The van der Waals surface area contributed by atoms with E-state index in [9.17, 15) is 0 Å². The minimum absolute atomic E-state index is 0.805. The van der Waals surface area contributed by atoms with E-state index in [2.05, 4.69) is 36.4 Å². The molecule has 0 radical (unpaired) electrons. The maximum atomic E-state index is 6.49. The van der Waals surface area contributed by atoms with Gasteiger partial charge >= 0.3 is 5.79 Å². The van der Waals surface area contributed by atoms with Gasteiger partial charge in [0.05, 0.1) is 11.1 Å². The average Bonchev–Trinajstić information content (AvgIpc) is 3.19. The highest BCUT2D eigenvalue weighted by molar-refractivity contribution is 5.82. The van der Waals surface area contributed by atoms with E-state index in [-0.39, 0.29) is 0 Å². The molecule has 2 heteroatoms. The standard InChI is InChI=1S/C26H18O2/c1-3-10-19(11-4-1)27-26(28-20-12-5-2-6-13-20)24-16-15-22-21-14-8-7-9-18(21)17-23(22)25(24)26/h1-16H,17H2. The topological polar surface area (TPSA) is 18.5 Å². The van der Waals surface area contributed by atoms with Crippen molar-refractivity contribution in [2.45, 2.75) is 12.2 Å². The number of hydrogen-bond donors (Lipinski definition) is 0. The monoisotopic (exact) mass is 362 g/mol. The van der Waals surface area contributed by atoms with Crippen molar-refractivity contribution in [3.8, 4) is 22.6 Å². The first-order chi connectivity index (χ1) is 13.9. The molecule has 0 saturated heterocycles. The maximum Gasteiger partial charge on any atom is 0.306 e. The smallest absolute Gasteiger partial charge is 0.306 e. The maximum absolute atomic E-state index is 6.49. The molecule has 0 heterocycles. The SMILES string of the molecule is c1ccc(OC2(Oc3ccccc3)c3ccc4c(c32)Cc2ccccc2-4)cc1. The minimum Gasteiger partial charge on any atom is -0.444 e. The molecule has 4 aromatic carbocycles. The molecule has 0 saturated carbocycles. The van der Waals surface area contributed by atoms with Crippen molar-refractivity contribution in [2.75, 3.05) is 0 Å². The van der Waals surface area contributed by atoms with Crippen LogP contribution in [0.25, 0.3) is 11.1 Å². The summed E-state index contributed by atoms with van der Waals surface area (Å²) in [5.74, 6) is 0.760. The lowest BCUT2D eigenvalue weighted by Gasteiger charge is -2.21. The molecule has 28 heavy (non-hydrogen) atoms. The van der Waals surface area contributed by atoms with Crippen LogP contribution >= 0.6 is 0 Å². The number of para-hydroxylation sites is 2. The third-order valence-corrected chi connectivity index (χ3v) is 5.62. The van der Waals surface area contributed by atoms with Crippen LogP contribution in [0, 0.1) is 0 Å². The Morgan fingerprint density at radius 3 is 1.86 bits per heavy atom. The van der Waals surface area contributed by atoms with Crippen LogP contribution in [0.4, 0.5) is 0 Å². The Labute approximate surface area is 164 Å². The van der Waals surface area contributed by atoms with Crippen LogP contribution in [0.3, 0.4) is 0 Å². The average molecular weight is 362 g/mol. The van der Waals surface area contributed by atoms with E-state index in [0.717, 1.165) is 23.5 Å². The van der Waals surface area contributed by atoms with E-state index >= 15 is 0 Å². The summed E-state index contributed by atoms with van der Waals surface area (Å²) in [6.07, 6.45) is 0.923. The molecule has 2 aliphatic carbocycles. The lowest BCUT2D eigenvalue weighted by Crippen LogP contribution is -2.26. The Morgan fingerprint density at radius 1 is 0.571 bits per heavy atom. The molecule has 0 unspecified atom stereocenters. The number of benzene rings is 4. The van der Waals surface area contributed by atoms with Crippen LogP contribution in [-0.2, 0) is 12.2 Å². The van der Waals surface area contributed by atoms with Crippen molar-refractivity contribution < 1.29 is 9.47 Å². The van der Waals surface area contributed by atoms with Crippen molar-refractivity contribution in [2.24, 2.45) is 0 Å². The molecule has 0 bridgehead atoms. The van der Waals surface area contributed by atoms with E-state index < -0.39 is 5.79 Å². The van der Waals surface area contributed by atoms with Gasteiger partial charge in [-0.2, -0.15) is 0 Å². The van der Waals surface area contributed by atoms with Gasteiger partial charge in [-0.25, -0.2) is 0 Å². The van der Waals surface area contributed by atoms with Crippen molar-refractivity contribution in [3.63, 3.8) is 0 Å². The Bertz CT molecular complexity index is 1140. The zero-order valence-electron chi connectivity index (χ0n) is 15.3. The van der Waals surface area contributed by atoms with Crippen LogP contribution in [0.2, 0.25) is 0 Å². The van der Waals surface area contributed by atoms with Crippen LogP contribution < -0.4 is 9.47 Å². The van der Waals surface area contributed by atoms with Gasteiger partial charge in [0.25, 0.3) is 0 Å². The second-order valence-electron chi connectivity index (χ2n) is 7.29. The predicted molar refractivity (Wildman–Crippen MR) is 110 cm³/mol. The summed E-state index contributed by atoms with van der Waals surface area (Å²) >= 11 is 0. The lowest BCUT2D eigenvalue weighted by molar-refractivity contribution is -0.0408. The van der Waals surface area contributed by atoms with Crippen molar-refractivity contribution in [1.29, 1.82) is 0 Å². The third kappa shape index (κ3) is 2.21. The second-order valence-corrected chi connectivity index (χ2v) is 7.29. The van der Waals surface area contributed by atoms with Gasteiger partial charge in [-0.1, -0.05) is 66.7 Å². The molecule has 0 spiro atoms. The molecule has 2 nitrogen and oxygen atoms in total. The summed E-state index contributed by atoms with van der Waals surface area (Å²) in [6, 6.07) is 32.8. The molecule has 2 aliphatic rings. The highest BCUT2D eigenvalue weighted by atomic mass is 16.7. The minimum atomic E-state index is -0.849. The van der Waals surface area contributed by atoms with E-state index in [0.29, 0.717) is 0 Å². The van der Waals surface area contributed by atoms with Gasteiger partial charge < -0.3 is 9.47 Å². The zero-order valence-corrected chi connectivity index (χ0v) is 15.3. The van der Waals surface area contributed by atoms with Crippen molar-refractivity contribution in [1.82, 2.24) is 0 Å². The molecule has 6 rings (SSSR count). The van der Waals surface area contributed by atoms with Crippen molar-refractivity contribution >= 4 is 0 Å². The lowest BCUT2D eigenvalue weighted by atomic mass is 10.1. The molecule has 134 valence electrons. The first-order valence-electron chi connectivity index (χ1n) is 9.58. The first kappa shape index (κ1) is 15.5. The fourth-order valence-electron chi connectivity index (χ4n) is 4.33. The number of ether oxygens (including phenoxy) is 2. The molecule has 4 aromatic rings. The molecule has 0 aromatic heterocycles. The summed E-state index contributed by atoms with van der Waals surface area (Å²) < 4.78 is 13.0. The van der Waals surface area contributed by atoms with Gasteiger partial charge in [-0.05, 0) is 59.0 Å². The Morgan fingerprint density at radius 2 is 1.18 bits per heavy atom. The molecule has 0 aliphatic heterocycles. The fourth-order valence-corrected chi connectivity index (χ4v) is 4.33. The zero-order chi connectivity index (χ0) is 18.6. The number of fused-ring (bicyclic) bond motifs is 5. The molecular formula is C26H18O2. The van der Waals surface area contributed by atoms with Crippen LogP contribution in [0.1, 0.15) is 22.3 Å². The predicted octanol–water partition coefficient (Wildman–Crippen LogP) is 5.93. The number of rotatable bonds is 4. The van der Waals surface area contributed by atoms with Gasteiger partial charge in [-0.3, -0.25) is 0 Å². The summed E-state index contributed by atoms with van der Waals surface area (Å²) in [5, 5.41) is 0. The molecule has 0 fully saturated rings. The molecular weight excluding hydrogens is 344 g/mol. The Kier molecular flexibility index (Phi) is 3.18. The summed E-state index contributed by atoms with van der Waals surface area (Å²) in [6.45, 7) is 0. The number of hydrogen-bond acceptors (Lipinski definition) is 2. The highest BCUT2D eigenvalue weighted by Crippen LogP contribution is 2.57. The molecule has 0 amide bonds. The van der Waals surface area contributed by atoms with Crippen LogP contribution in [0.15, 0.2) is 97.1 Å². The summed E-state index contributed by atoms with van der Waals surface area (Å²) in [4.78, 5) is 0. The first-order valence-corrected chi connectivity index (χ1v) is 9.58. The van der Waals surface area contributed by atoms with Crippen LogP contribution in [-0.4, -0.2) is 0 Å².